The lowest BCUT2D eigenvalue weighted by atomic mass is 10.1. The molecule has 116 valence electrons. The standard InChI is InChI=1S/C17H17F2NO2/c1-11-4-3-5-14(10-11)16(21)20-12(2)13-6-8-15(9-7-13)22-17(18)19/h3-10,12,17H,1-2H3,(H,20,21). The first-order chi connectivity index (χ1) is 10.5. The molecule has 0 saturated carbocycles. The zero-order valence-corrected chi connectivity index (χ0v) is 12.3. The number of carbonyl (C=O) groups excluding carboxylic acids is 1. The van der Waals surface area contributed by atoms with E-state index in [9.17, 15) is 13.6 Å². The van der Waals surface area contributed by atoms with Crippen molar-refractivity contribution in [3.05, 3.63) is 65.2 Å². The molecule has 0 heterocycles. The van der Waals surface area contributed by atoms with Gasteiger partial charge in [-0.1, -0.05) is 29.8 Å². The van der Waals surface area contributed by atoms with Gasteiger partial charge < -0.3 is 10.1 Å². The summed E-state index contributed by atoms with van der Waals surface area (Å²) in [5, 5.41) is 2.87. The number of nitrogens with one attached hydrogen (secondary N) is 1. The largest absolute Gasteiger partial charge is 0.435 e. The number of rotatable bonds is 5. The molecule has 1 N–H and O–H groups in total. The Labute approximate surface area is 127 Å². The maximum Gasteiger partial charge on any atom is 0.387 e. The first kappa shape index (κ1) is 15.9. The van der Waals surface area contributed by atoms with E-state index in [1.807, 2.05) is 32.0 Å². The van der Waals surface area contributed by atoms with Crippen LogP contribution in [0.1, 0.15) is 34.5 Å². The lowest BCUT2D eigenvalue weighted by Crippen LogP contribution is -2.26. The van der Waals surface area contributed by atoms with Crippen molar-refractivity contribution in [2.24, 2.45) is 0 Å². The molecule has 0 fully saturated rings. The maximum absolute atomic E-state index is 12.2. The van der Waals surface area contributed by atoms with Crippen molar-refractivity contribution in [3.8, 4) is 5.75 Å². The van der Waals surface area contributed by atoms with Crippen LogP contribution in [0.4, 0.5) is 8.78 Å². The summed E-state index contributed by atoms with van der Waals surface area (Å²) < 4.78 is 28.5. The van der Waals surface area contributed by atoms with Crippen LogP contribution in [0.15, 0.2) is 48.5 Å². The third-order valence-corrected chi connectivity index (χ3v) is 3.23. The molecular formula is C17H17F2NO2. The highest BCUT2D eigenvalue weighted by atomic mass is 19.3. The molecule has 1 amide bonds. The van der Waals surface area contributed by atoms with Crippen molar-refractivity contribution in [2.75, 3.05) is 0 Å². The Morgan fingerprint density at radius 2 is 1.82 bits per heavy atom. The Kier molecular flexibility index (Phi) is 5.09. The highest BCUT2D eigenvalue weighted by molar-refractivity contribution is 5.94. The summed E-state index contributed by atoms with van der Waals surface area (Å²) in [5.41, 5.74) is 2.40. The van der Waals surface area contributed by atoms with Gasteiger partial charge >= 0.3 is 6.61 Å². The molecule has 0 bridgehead atoms. The highest BCUT2D eigenvalue weighted by Gasteiger charge is 2.12. The summed E-state index contributed by atoms with van der Waals surface area (Å²) in [6, 6.07) is 13.3. The highest BCUT2D eigenvalue weighted by Crippen LogP contribution is 2.19. The molecule has 3 nitrogen and oxygen atoms in total. The van der Waals surface area contributed by atoms with E-state index in [1.165, 1.54) is 12.1 Å². The third-order valence-electron chi connectivity index (χ3n) is 3.23. The molecule has 0 radical (unpaired) electrons. The van der Waals surface area contributed by atoms with Gasteiger partial charge in [0.25, 0.3) is 5.91 Å². The van der Waals surface area contributed by atoms with Gasteiger partial charge in [0.15, 0.2) is 0 Å². The van der Waals surface area contributed by atoms with Gasteiger partial charge in [-0.05, 0) is 43.7 Å². The topological polar surface area (TPSA) is 38.3 Å². The second-order valence-corrected chi connectivity index (χ2v) is 5.01. The van der Waals surface area contributed by atoms with E-state index in [0.717, 1.165) is 11.1 Å². The lowest BCUT2D eigenvalue weighted by Gasteiger charge is -2.15. The van der Waals surface area contributed by atoms with E-state index in [4.69, 9.17) is 0 Å². The third kappa shape index (κ3) is 4.28. The van der Waals surface area contributed by atoms with Gasteiger partial charge in [0.2, 0.25) is 0 Å². The van der Waals surface area contributed by atoms with Crippen LogP contribution in [0.2, 0.25) is 0 Å². The molecule has 0 saturated heterocycles. The first-order valence-corrected chi connectivity index (χ1v) is 6.88. The molecular weight excluding hydrogens is 288 g/mol. The van der Waals surface area contributed by atoms with Crippen LogP contribution in [0.3, 0.4) is 0 Å². The van der Waals surface area contributed by atoms with Gasteiger partial charge in [-0.15, -0.1) is 0 Å². The average molecular weight is 305 g/mol. The number of benzene rings is 2. The number of halogens is 2. The van der Waals surface area contributed by atoms with E-state index in [1.54, 1.807) is 18.2 Å². The second kappa shape index (κ2) is 7.02. The molecule has 2 aromatic carbocycles. The van der Waals surface area contributed by atoms with E-state index < -0.39 is 6.61 Å². The number of hydrogen-bond donors (Lipinski definition) is 1. The molecule has 0 aliphatic heterocycles. The van der Waals surface area contributed by atoms with Crippen molar-refractivity contribution < 1.29 is 18.3 Å². The summed E-state index contributed by atoms with van der Waals surface area (Å²) in [5.74, 6) is -0.0833. The average Bonchev–Trinajstić information content (AvgIpc) is 2.47. The van der Waals surface area contributed by atoms with Crippen LogP contribution in [0, 0.1) is 6.92 Å². The summed E-state index contributed by atoms with van der Waals surface area (Å²) in [6.45, 7) is 0.905. The van der Waals surface area contributed by atoms with Crippen LogP contribution in [-0.2, 0) is 0 Å². The molecule has 2 rings (SSSR count). The fraction of sp³-hybridized carbons (Fsp3) is 0.235. The minimum Gasteiger partial charge on any atom is -0.435 e. The number of carbonyl (C=O) groups is 1. The zero-order chi connectivity index (χ0) is 16.1. The molecule has 0 aliphatic rings. The van der Waals surface area contributed by atoms with Crippen LogP contribution in [0.5, 0.6) is 5.75 Å². The van der Waals surface area contributed by atoms with Gasteiger partial charge in [0.1, 0.15) is 5.75 Å². The quantitative estimate of drug-likeness (QED) is 0.903. The first-order valence-electron chi connectivity index (χ1n) is 6.88. The van der Waals surface area contributed by atoms with Crippen LogP contribution >= 0.6 is 0 Å². The summed E-state index contributed by atoms with van der Waals surface area (Å²) in [4.78, 5) is 12.2. The van der Waals surface area contributed by atoms with E-state index >= 15 is 0 Å². The Balaban J connectivity index is 2.02. The van der Waals surface area contributed by atoms with Crippen molar-refractivity contribution in [1.82, 2.24) is 5.32 Å². The molecule has 22 heavy (non-hydrogen) atoms. The summed E-state index contributed by atoms with van der Waals surface area (Å²) in [6.07, 6.45) is 0. The molecule has 0 aromatic heterocycles. The fourth-order valence-corrected chi connectivity index (χ4v) is 2.09. The molecule has 1 unspecified atom stereocenters. The Bertz CT molecular complexity index is 641. The van der Waals surface area contributed by atoms with Gasteiger partial charge in [-0.2, -0.15) is 8.78 Å². The molecule has 1 atom stereocenters. The van der Waals surface area contributed by atoms with Crippen molar-refractivity contribution >= 4 is 5.91 Å². The molecule has 0 spiro atoms. The number of ether oxygens (including phenoxy) is 1. The number of alkyl halides is 2. The van der Waals surface area contributed by atoms with E-state index in [-0.39, 0.29) is 17.7 Å². The fourth-order valence-electron chi connectivity index (χ4n) is 2.09. The van der Waals surface area contributed by atoms with Crippen LogP contribution in [0.25, 0.3) is 0 Å². The number of amides is 1. The Morgan fingerprint density at radius 1 is 1.14 bits per heavy atom. The Morgan fingerprint density at radius 3 is 2.41 bits per heavy atom. The predicted molar refractivity (Wildman–Crippen MR) is 80.1 cm³/mol. The lowest BCUT2D eigenvalue weighted by molar-refractivity contribution is -0.0498. The van der Waals surface area contributed by atoms with Crippen molar-refractivity contribution in [3.63, 3.8) is 0 Å². The normalized spacial score (nSPS) is 12.0. The predicted octanol–water partition coefficient (Wildman–Crippen LogP) is 4.09. The molecule has 0 aliphatic carbocycles. The van der Waals surface area contributed by atoms with Gasteiger partial charge in [0, 0.05) is 5.56 Å². The minimum absolute atomic E-state index is 0.0935. The molecule has 5 heteroatoms. The second-order valence-electron chi connectivity index (χ2n) is 5.01. The Hall–Kier alpha value is -2.43. The number of aryl methyl sites for hydroxylation is 1. The number of hydrogen-bond acceptors (Lipinski definition) is 2. The molecule has 2 aromatic rings. The van der Waals surface area contributed by atoms with E-state index in [2.05, 4.69) is 10.1 Å². The minimum atomic E-state index is -2.84. The monoisotopic (exact) mass is 305 g/mol. The summed E-state index contributed by atoms with van der Waals surface area (Å²) in [7, 11) is 0. The van der Waals surface area contributed by atoms with Crippen molar-refractivity contribution in [2.45, 2.75) is 26.5 Å². The van der Waals surface area contributed by atoms with Gasteiger partial charge in [-0.3, -0.25) is 4.79 Å². The SMILES string of the molecule is Cc1cccc(C(=O)NC(C)c2ccc(OC(F)F)cc2)c1. The summed E-state index contributed by atoms with van der Waals surface area (Å²) >= 11 is 0. The van der Waals surface area contributed by atoms with Gasteiger partial charge in [0.05, 0.1) is 6.04 Å². The zero-order valence-electron chi connectivity index (χ0n) is 12.3. The van der Waals surface area contributed by atoms with Crippen molar-refractivity contribution in [1.29, 1.82) is 0 Å². The smallest absolute Gasteiger partial charge is 0.387 e. The van der Waals surface area contributed by atoms with Gasteiger partial charge in [-0.25, -0.2) is 0 Å². The maximum atomic E-state index is 12.2. The van der Waals surface area contributed by atoms with Crippen LogP contribution in [-0.4, -0.2) is 12.5 Å². The van der Waals surface area contributed by atoms with Crippen LogP contribution < -0.4 is 10.1 Å². The van der Waals surface area contributed by atoms with E-state index in [0.29, 0.717) is 5.56 Å².